The number of ketones is 6. The molecule has 0 aromatic rings. The fourth-order valence-corrected chi connectivity index (χ4v) is 14.8. The van der Waals surface area contributed by atoms with E-state index >= 15 is 0 Å². The van der Waals surface area contributed by atoms with Crippen LogP contribution in [0.5, 0.6) is 0 Å². The number of rotatable bonds is 15. The third-order valence-electron chi connectivity index (χ3n) is 7.12. The monoisotopic (exact) mass is 742 g/mol. The average Bonchev–Trinajstić information content (AvgIpc) is 2.70. The quantitative estimate of drug-likeness (QED) is 0.160. The van der Waals surface area contributed by atoms with E-state index in [-0.39, 0.29) is 54.0 Å². The van der Waals surface area contributed by atoms with Crippen molar-refractivity contribution < 1.29 is 45.3 Å². The molecular formula is C33H57IrO6. The van der Waals surface area contributed by atoms with Crippen LogP contribution in [0.1, 0.15) is 123 Å². The number of hydrogen-bond donors (Lipinski definition) is 0. The minimum atomic E-state index is -2.39. The fraction of sp³-hybridized carbons (Fsp3) is 0.818. The Bertz CT molecular complexity index is 865. The number of hydrogen-bond acceptors (Lipinski definition) is 6. The van der Waals surface area contributed by atoms with Crippen molar-refractivity contribution >= 4 is 34.7 Å². The minimum absolute atomic E-state index is 0.112. The zero-order chi connectivity index (χ0) is 32.3. The molecule has 0 aromatic heterocycles. The molecular weight excluding hydrogens is 685 g/mol. The molecule has 6 nitrogen and oxygen atoms in total. The van der Waals surface area contributed by atoms with Crippen LogP contribution in [-0.2, 0) is 45.3 Å². The van der Waals surface area contributed by atoms with Gasteiger partial charge in [-0.15, -0.1) is 0 Å². The summed E-state index contributed by atoms with van der Waals surface area (Å²) in [6, 6.07) is 0. The van der Waals surface area contributed by atoms with Gasteiger partial charge in [0, 0.05) is 0 Å². The fourth-order valence-electron chi connectivity index (χ4n) is 3.52. The Morgan fingerprint density at radius 3 is 0.675 bits per heavy atom. The van der Waals surface area contributed by atoms with E-state index in [9.17, 15) is 28.8 Å². The first-order valence-corrected chi connectivity index (χ1v) is 19.2. The Labute approximate surface area is 249 Å². The van der Waals surface area contributed by atoms with Gasteiger partial charge >= 0.3 is 250 Å². The standard InChI is InChI=1S/3C11H19O2.Ir/c3*1-10(2,3)8(12)7-9(13)11(4,5)6;/h3*1,7H2,2-6H3;. The Morgan fingerprint density at radius 2 is 0.525 bits per heavy atom. The first-order chi connectivity index (χ1) is 17.4. The van der Waals surface area contributed by atoms with E-state index in [4.69, 9.17) is 0 Å². The molecule has 0 N–H and O–H groups in total. The van der Waals surface area contributed by atoms with Crippen LogP contribution < -0.4 is 0 Å². The van der Waals surface area contributed by atoms with E-state index in [0.29, 0.717) is 14.8 Å². The molecule has 0 aliphatic heterocycles. The van der Waals surface area contributed by atoms with Gasteiger partial charge in [-0.2, -0.15) is 0 Å². The molecule has 0 saturated carbocycles. The summed E-state index contributed by atoms with van der Waals surface area (Å²) in [6.45, 7) is 27.3. The molecule has 0 aromatic carbocycles. The summed E-state index contributed by atoms with van der Waals surface area (Å²) < 4.78 is 0. The van der Waals surface area contributed by atoms with Crippen molar-refractivity contribution in [2.45, 2.75) is 138 Å². The van der Waals surface area contributed by atoms with Crippen molar-refractivity contribution in [3.05, 3.63) is 0 Å². The van der Waals surface area contributed by atoms with Gasteiger partial charge in [-0.05, 0) is 0 Å². The van der Waals surface area contributed by atoms with Crippen molar-refractivity contribution in [1.29, 1.82) is 0 Å². The Hall–Kier alpha value is -1.33. The van der Waals surface area contributed by atoms with Crippen LogP contribution in [0.3, 0.4) is 0 Å². The SMILES string of the molecule is CC(C)(C)C(=O)CC(=O)C(C)(C)[CH2][Ir]([CH2]C(C)(C)C(=O)CC(=O)C(C)(C)C)[CH2]C(C)(C)C(=O)CC(=O)C(C)(C)C. The van der Waals surface area contributed by atoms with Gasteiger partial charge in [0.25, 0.3) is 0 Å². The molecule has 0 atom stereocenters. The van der Waals surface area contributed by atoms with Gasteiger partial charge in [0.15, 0.2) is 0 Å². The van der Waals surface area contributed by atoms with E-state index in [1.54, 1.807) is 62.3 Å². The summed E-state index contributed by atoms with van der Waals surface area (Å²) in [7, 11) is 0. The molecule has 0 amide bonds. The molecule has 0 saturated heterocycles. The number of carbonyl (C=O) groups is 6. The summed E-state index contributed by atoms with van der Waals surface area (Å²) >= 11 is -2.39. The van der Waals surface area contributed by atoms with Gasteiger partial charge in [0.2, 0.25) is 0 Å². The normalized spacial score (nSPS) is 14.0. The van der Waals surface area contributed by atoms with Crippen LogP contribution in [0.4, 0.5) is 0 Å². The molecule has 0 rings (SSSR count). The second-order valence-electron chi connectivity index (χ2n) is 16.3. The second-order valence-corrected chi connectivity index (χ2v) is 22.5. The third kappa shape index (κ3) is 12.3. The molecule has 0 bridgehead atoms. The zero-order valence-corrected chi connectivity index (χ0v) is 30.4. The van der Waals surface area contributed by atoms with E-state index in [1.165, 1.54) is 0 Å². The van der Waals surface area contributed by atoms with Crippen molar-refractivity contribution in [1.82, 2.24) is 0 Å². The average molecular weight is 742 g/mol. The summed E-state index contributed by atoms with van der Waals surface area (Å²) in [5.74, 6) is -0.719. The van der Waals surface area contributed by atoms with Crippen LogP contribution >= 0.6 is 0 Å². The van der Waals surface area contributed by atoms with Gasteiger partial charge in [-0.1, -0.05) is 0 Å². The molecule has 0 aliphatic carbocycles. The summed E-state index contributed by atoms with van der Waals surface area (Å²) in [4.78, 5) is 79.6. The molecule has 0 unspecified atom stereocenters. The van der Waals surface area contributed by atoms with Crippen molar-refractivity contribution in [2.75, 3.05) is 0 Å². The van der Waals surface area contributed by atoms with Gasteiger partial charge in [-0.3, -0.25) is 0 Å². The third-order valence-corrected chi connectivity index (χ3v) is 17.1. The predicted molar refractivity (Wildman–Crippen MR) is 158 cm³/mol. The molecule has 0 radical (unpaired) electrons. The predicted octanol–water partition coefficient (Wildman–Crippen LogP) is 7.66. The topological polar surface area (TPSA) is 102 Å². The van der Waals surface area contributed by atoms with Gasteiger partial charge < -0.3 is 0 Å². The van der Waals surface area contributed by atoms with Crippen molar-refractivity contribution in [3.63, 3.8) is 0 Å². The van der Waals surface area contributed by atoms with Crippen LogP contribution in [0.2, 0.25) is 14.8 Å². The van der Waals surface area contributed by atoms with Crippen molar-refractivity contribution in [2.24, 2.45) is 32.5 Å². The van der Waals surface area contributed by atoms with E-state index in [0.717, 1.165) is 0 Å². The molecule has 0 fully saturated rings. The molecule has 40 heavy (non-hydrogen) atoms. The first-order valence-electron chi connectivity index (χ1n) is 14.1. The van der Waals surface area contributed by atoms with E-state index in [1.807, 2.05) is 41.5 Å². The number of carbonyl (C=O) groups excluding carboxylic acids is 6. The number of Topliss-reactive ketones (excluding diaryl/α,β-unsaturated/α-hetero) is 6. The summed E-state index contributed by atoms with van der Waals surface area (Å²) in [5, 5.41) is 0. The molecule has 0 aliphatic rings. The molecule has 0 heterocycles. The summed E-state index contributed by atoms with van der Waals surface area (Å²) in [6.07, 6.45) is -0.438. The van der Waals surface area contributed by atoms with Crippen LogP contribution in [0, 0.1) is 32.5 Å². The maximum absolute atomic E-state index is 13.4. The Balaban J connectivity index is 6.21. The first kappa shape index (κ1) is 38.7. The van der Waals surface area contributed by atoms with E-state index < -0.39 is 49.0 Å². The Morgan fingerprint density at radius 1 is 0.350 bits per heavy atom. The second kappa shape index (κ2) is 13.3. The van der Waals surface area contributed by atoms with E-state index in [2.05, 4.69) is 0 Å². The molecule has 234 valence electrons. The Kier molecular flexibility index (Phi) is 12.9. The van der Waals surface area contributed by atoms with Crippen LogP contribution in [0.15, 0.2) is 0 Å². The zero-order valence-electron chi connectivity index (χ0n) is 28.0. The molecule has 0 spiro atoms. The van der Waals surface area contributed by atoms with Crippen LogP contribution in [-0.4, -0.2) is 34.7 Å². The molecule has 7 heteroatoms. The van der Waals surface area contributed by atoms with Crippen LogP contribution in [0.25, 0.3) is 0 Å². The van der Waals surface area contributed by atoms with Gasteiger partial charge in [0.1, 0.15) is 0 Å². The maximum atomic E-state index is 13.4. The van der Waals surface area contributed by atoms with Crippen molar-refractivity contribution in [3.8, 4) is 0 Å². The van der Waals surface area contributed by atoms with Gasteiger partial charge in [-0.25, -0.2) is 0 Å². The summed E-state index contributed by atoms with van der Waals surface area (Å²) in [5.41, 5.74) is -4.24. The van der Waals surface area contributed by atoms with Gasteiger partial charge in [0.05, 0.1) is 0 Å².